The average Bonchev–Trinajstić information content (AvgIpc) is 2.69. The summed E-state index contributed by atoms with van der Waals surface area (Å²) in [7, 11) is 0. The fourth-order valence-electron chi connectivity index (χ4n) is 1.17. The zero-order valence-electron chi connectivity index (χ0n) is 7.38. The standard InChI is InChI=1S/C9H5ClN2O2S/c10-8-4-3-6(12(13)14)9(11-8)7-2-1-5-15-7/h1-5H. The van der Waals surface area contributed by atoms with Crippen LogP contribution in [0.5, 0.6) is 0 Å². The Labute approximate surface area is 94.3 Å². The van der Waals surface area contributed by atoms with Gasteiger partial charge in [0.2, 0.25) is 0 Å². The summed E-state index contributed by atoms with van der Waals surface area (Å²) in [5, 5.41) is 12.8. The van der Waals surface area contributed by atoms with Gasteiger partial charge in [-0.1, -0.05) is 17.7 Å². The lowest BCUT2D eigenvalue weighted by Gasteiger charge is -1.99. The van der Waals surface area contributed by atoms with Crippen LogP contribution in [0.1, 0.15) is 0 Å². The number of halogens is 1. The molecule has 0 atom stereocenters. The molecule has 2 aromatic heterocycles. The number of aromatic nitrogens is 1. The molecule has 0 unspecified atom stereocenters. The molecule has 2 rings (SSSR count). The van der Waals surface area contributed by atoms with E-state index < -0.39 is 4.92 Å². The van der Waals surface area contributed by atoms with Crippen molar-refractivity contribution in [2.45, 2.75) is 0 Å². The highest BCUT2D eigenvalue weighted by atomic mass is 35.5. The Hall–Kier alpha value is -1.46. The summed E-state index contributed by atoms with van der Waals surface area (Å²) in [6.45, 7) is 0. The number of nitro groups is 1. The monoisotopic (exact) mass is 240 g/mol. The molecular formula is C9H5ClN2O2S. The third kappa shape index (κ3) is 1.98. The van der Waals surface area contributed by atoms with Crippen LogP contribution in [-0.4, -0.2) is 9.91 Å². The highest BCUT2D eigenvalue weighted by Gasteiger charge is 2.17. The predicted octanol–water partition coefficient (Wildman–Crippen LogP) is 3.37. The third-order valence-corrected chi connectivity index (χ3v) is 2.88. The summed E-state index contributed by atoms with van der Waals surface area (Å²) in [5.41, 5.74) is 0.296. The van der Waals surface area contributed by atoms with Crippen molar-refractivity contribution in [3.8, 4) is 10.6 Å². The van der Waals surface area contributed by atoms with Gasteiger partial charge in [0.25, 0.3) is 5.69 Å². The Morgan fingerprint density at radius 3 is 2.80 bits per heavy atom. The van der Waals surface area contributed by atoms with E-state index in [0.29, 0.717) is 5.69 Å². The van der Waals surface area contributed by atoms with E-state index >= 15 is 0 Å². The van der Waals surface area contributed by atoms with Crippen LogP contribution in [0.15, 0.2) is 29.6 Å². The molecular weight excluding hydrogens is 236 g/mol. The van der Waals surface area contributed by atoms with E-state index in [1.165, 1.54) is 23.5 Å². The minimum atomic E-state index is -0.460. The van der Waals surface area contributed by atoms with Crippen LogP contribution in [0.4, 0.5) is 5.69 Å². The smallest absolute Gasteiger partial charge is 0.258 e. The topological polar surface area (TPSA) is 56.0 Å². The first-order chi connectivity index (χ1) is 7.18. The van der Waals surface area contributed by atoms with Gasteiger partial charge in [-0.15, -0.1) is 11.3 Å². The fourth-order valence-corrected chi connectivity index (χ4v) is 2.04. The van der Waals surface area contributed by atoms with E-state index in [2.05, 4.69) is 4.98 Å². The van der Waals surface area contributed by atoms with Gasteiger partial charge in [-0.05, 0) is 17.5 Å². The van der Waals surface area contributed by atoms with Crippen LogP contribution in [-0.2, 0) is 0 Å². The minimum absolute atomic E-state index is 0.0261. The lowest BCUT2D eigenvalue weighted by atomic mass is 10.2. The Bertz CT molecular complexity index is 499. The summed E-state index contributed by atoms with van der Waals surface area (Å²) in [5.74, 6) is 0. The van der Waals surface area contributed by atoms with Gasteiger partial charge in [-0.3, -0.25) is 10.1 Å². The summed E-state index contributed by atoms with van der Waals surface area (Å²) in [4.78, 5) is 15.0. The van der Waals surface area contributed by atoms with Gasteiger partial charge in [0, 0.05) is 6.07 Å². The van der Waals surface area contributed by atoms with E-state index in [0.717, 1.165) is 4.88 Å². The van der Waals surface area contributed by atoms with E-state index in [1.54, 1.807) is 6.07 Å². The maximum atomic E-state index is 10.8. The molecule has 0 aliphatic carbocycles. The highest BCUT2D eigenvalue weighted by molar-refractivity contribution is 7.13. The fraction of sp³-hybridized carbons (Fsp3) is 0. The molecule has 2 aromatic rings. The zero-order chi connectivity index (χ0) is 10.8. The van der Waals surface area contributed by atoms with Crippen molar-refractivity contribution >= 4 is 28.6 Å². The molecule has 0 aromatic carbocycles. The normalized spacial score (nSPS) is 10.2. The second-order valence-corrected chi connectivity index (χ2v) is 4.07. The van der Waals surface area contributed by atoms with Crippen LogP contribution in [0.2, 0.25) is 5.15 Å². The molecule has 76 valence electrons. The first-order valence-electron chi connectivity index (χ1n) is 4.03. The number of rotatable bonds is 2. The number of thiophene rings is 1. The number of hydrogen-bond acceptors (Lipinski definition) is 4. The molecule has 0 aliphatic rings. The number of hydrogen-bond donors (Lipinski definition) is 0. The van der Waals surface area contributed by atoms with Crippen molar-refractivity contribution in [2.75, 3.05) is 0 Å². The summed E-state index contributed by atoms with van der Waals surface area (Å²) in [6.07, 6.45) is 0. The maximum absolute atomic E-state index is 10.8. The molecule has 2 heterocycles. The van der Waals surface area contributed by atoms with Crippen LogP contribution >= 0.6 is 22.9 Å². The van der Waals surface area contributed by atoms with E-state index in [4.69, 9.17) is 11.6 Å². The predicted molar refractivity (Wildman–Crippen MR) is 59.2 cm³/mol. The van der Waals surface area contributed by atoms with Crippen LogP contribution in [0.3, 0.4) is 0 Å². The molecule has 0 radical (unpaired) electrons. The first-order valence-corrected chi connectivity index (χ1v) is 5.29. The van der Waals surface area contributed by atoms with E-state index in [9.17, 15) is 10.1 Å². The van der Waals surface area contributed by atoms with Crippen molar-refractivity contribution in [2.24, 2.45) is 0 Å². The maximum Gasteiger partial charge on any atom is 0.296 e. The number of nitrogens with zero attached hydrogens (tertiary/aromatic N) is 2. The first kappa shape index (κ1) is 10.1. The van der Waals surface area contributed by atoms with Crippen LogP contribution < -0.4 is 0 Å². The lowest BCUT2D eigenvalue weighted by molar-refractivity contribution is -0.384. The van der Waals surface area contributed by atoms with E-state index in [-0.39, 0.29) is 10.8 Å². The molecule has 0 aliphatic heterocycles. The molecule has 0 saturated carbocycles. The van der Waals surface area contributed by atoms with Gasteiger partial charge in [0.15, 0.2) is 5.69 Å². The molecule has 15 heavy (non-hydrogen) atoms. The van der Waals surface area contributed by atoms with Crippen molar-refractivity contribution in [3.05, 3.63) is 44.9 Å². The molecule has 6 heteroatoms. The van der Waals surface area contributed by atoms with Crippen molar-refractivity contribution in [1.82, 2.24) is 4.98 Å². The molecule has 0 fully saturated rings. The Morgan fingerprint density at radius 1 is 1.40 bits per heavy atom. The average molecular weight is 241 g/mol. The zero-order valence-corrected chi connectivity index (χ0v) is 8.96. The number of pyridine rings is 1. The van der Waals surface area contributed by atoms with Crippen molar-refractivity contribution < 1.29 is 4.92 Å². The molecule has 0 saturated heterocycles. The molecule has 0 N–H and O–H groups in total. The minimum Gasteiger partial charge on any atom is -0.258 e. The van der Waals surface area contributed by atoms with Gasteiger partial charge in [0.05, 0.1) is 9.80 Å². The molecule has 4 nitrogen and oxygen atoms in total. The summed E-state index contributed by atoms with van der Waals surface area (Å²) in [6, 6.07) is 6.36. The Balaban J connectivity index is 2.63. The Morgan fingerprint density at radius 2 is 2.20 bits per heavy atom. The van der Waals surface area contributed by atoms with Crippen LogP contribution in [0.25, 0.3) is 10.6 Å². The second-order valence-electron chi connectivity index (χ2n) is 2.74. The third-order valence-electron chi connectivity index (χ3n) is 1.79. The van der Waals surface area contributed by atoms with Crippen molar-refractivity contribution in [1.29, 1.82) is 0 Å². The van der Waals surface area contributed by atoms with Crippen LogP contribution in [0, 0.1) is 10.1 Å². The molecule has 0 spiro atoms. The second kappa shape index (κ2) is 3.96. The lowest BCUT2D eigenvalue weighted by Crippen LogP contribution is -1.93. The van der Waals surface area contributed by atoms with Crippen molar-refractivity contribution in [3.63, 3.8) is 0 Å². The van der Waals surface area contributed by atoms with Gasteiger partial charge < -0.3 is 0 Å². The highest BCUT2D eigenvalue weighted by Crippen LogP contribution is 2.32. The molecule has 0 amide bonds. The quantitative estimate of drug-likeness (QED) is 0.459. The largest absolute Gasteiger partial charge is 0.296 e. The summed E-state index contributed by atoms with van der Waals surface area (Å²) >= 11 is 7.10. The Kier molecular flexibility index (Phi) is 2.66. The van der Waals surface area contributed by atoms with Gasteiger partial charge >= 0.3 is 0 Å². The van der Waals surface area contributed by atoms with Gasteiger partial charge in [-0.25, -0.2) is 4.98 Å². The summed E-state index contributed by atoms with van der Waals surface area (Å²) < 4.78 is 0. The SMILES string of the molecule is O=[N+]([O-])c1ccc(Cl)nc1-c1cccs1. The van der Waals surface area contributed by atoms with E-state index in [1.807, 2.05) is 11.4 Å². The van der Waals surface area contributed by atoms with Gasteiger partial charge in [0.1, 0.15) is 5.15 Å². The molecule has 0 bridgehead atoms. The van der Waals surface area contributed by atoms with Gasteiger partial charge in [-0.2, -0.15) is 0 Å².